The molecule has 52 heavy (non-hydrogen) atoms. The maximum atomic E-state index is 15.0. The van der Waals surface area contributed by atoms with Gasteiger partial charge in [0.25, 0.3) is 5.91 Å². The van der Waals surface area contributed by atoms with Crippen molar-refractivity contribution in [2.24, 2.45) is 5.92 Å². The second-order valence-corrected chi connectivity index (χ2v) is 18.1. The molecule has 3 saturated carbocycles. The summed E-state index contributed by atoms with van der Waals surface area (Å²) in [5.41, 5.74) is -0.824. The van der Waals surface area contributed by atoms with Crippen LogP contribution in [0.15, 0.2) is 30.4 Å². The molecule has 2 aromatic rings. The summed E-state index contributed by atoms with van der Waals surface area (Å²) in [5, 5.41) is 15.6. The molecule has 0 bridgehead atoms. The van der Waals surface area contributed by atoms with Crippen molar-refractivity contribution in [3.63, 3.8) is 0 Å². The minimum absolute atomic E-state index is 0.0261. The van der Waals surface area contributed by atoms with Crippen molar-refractivity contribution in [2.75, 3.05) is 6.54 Å². The predicted molar refractivity (Wildman–Crippen MR) is 186 cm³/mol. The molecule has 13 nitrogen and oxygen atoms in total. The summed E-state index contributed by atoms with van der Waals surface area (Å²) in [6, 6.07) is 2.56. The van der Waals surface area contributed by atoms with Gasteiger partial charge in [0.05, 0.1) is 17.0 Å². The third-order valence-electron chi connectivity index (χ3n) is 12.1. The molecule has 1 spiro atoms. The molecule has 1 aromatic heterocycles. The number of nitrogens with one attached hydrogen (secondary N) is 3. The zero-order chi connectivity index (χ0) is 36.6. The van der Waals surface area contributed by atoms with Gasteiger partial charge in [-0.25, -0.2) is 22.6 Å². The van der Waals surface area contributed by atoms with Gasteiger partial charge in [-0.15, -0.1) is 0 Å². The normalized spacial score (nSPS) is 31.9. The van der Waals surface area contributed by atoms with Crippen LogP contribution in [0.1, 0.15) is 101 Å². The predicted octanol–water partition coefficient (Wildman–Crippen LogP) is 3.95. The second kappa shape index (κ2) is 12.4. The zero-order valence-corrected chi connectivity index (χ0v) is 29.9. The Morgan fingerprint density at radius 2 is 1.88 bits per heavy atom. The fraction of sp³-hybridized carbons (Fsp3) is 0.595. The first-order chi connectivity index (χ1) is 24.7. The van der Waals surface area contributed by atoms with E-state index in [2.05, 4.69) is 15.4 Å². The van der Waals surface area contributed by atoms with Gasteiger partial charge in [0.1, 0.15) is 40.3 Å². The third kappa shape index (κ3) is 6.07. The minimum Gasteiger partial charge on any atom is -0.483 e. The second-order valence-electron chi connectivity index (χ2n) is 15.9. The Balaban J connectivity index is 1.15. The van der Waals surface area contributed by atoms with Gasteiger partial charge in [-0.2, -0.15) is 0 Å². The highest BCUT2D eigenvalue weighted by atomic mass is 32.2. The first-order valence-electron chi connectivity index (χ1n) is 18.4. The molecule has 0 radical (unpaired) electrons. The molecule has 4 N–H and O–H groups in total. The standard InChI is InChI=1S/C37H44FN5O8S/c1-35(16-17-35)52(49,50)42-33(46)37-18-22(37)8-5-3-2-4-6-11-26(39-34(47)48)32(45)43-20-36(19-27(43)31(44)41-37)15-14-24-23-9-7-10-25(38)29(23)40-28(21-12-13-21)30(24)51-36/h5,7-10,21-22,26-27,39H,2-4,6,11-20H2,1H3,(H,41,44)(H,42,46)(H,47,48)/b8-5-/t22-,26+,27+,36-,37-/m1/s1. The maximum absolute atomic E-state index is 15.0. The van der Waals surface area contributed by atoms with Crippen LogP contribution in [0.4, 0.5) is 9.18 Å². The number of hydrogen-bond donors (Lipinski definition) is 4. The van der Waals surface area contributed by atoms with Crippen molar-refractivity contribution in [3.8, 4) is 5.75 Å². The first kappa shape index (κ1) is 34.8. The molecule has 1 saturated heterocycles. The highest BCUT2D eigenvalue weighted by molar-refractivity contribution is 7.91. The van der Waals surface area contributed by atoms with Crippen molar-refractivity contribution < 1.29 is 41.8 Å². The first-order valence-corrected chi connectivity index (χ1v) is 19.9. The van der Waals surface area contributed by atoms with Gasteiger partial charge in [0.15, 0.2) is 0 Å². The van der Waals surface area contributed by atoms with E-state index in [-0.39, 0.29) is 37.2 Å². The fourth-order valence-corrected chi connectivity index (χ4v) is 9.64. The molecule has 4 fully saturated rings. The molecule has 3 aliphatic heterocycles. The summed E-state index contributed by atoms with van der Waals surface area (Å²) >= 11 is 0. The highest BCUT2D eigenvalue weighted by Crippen LogP contribution is 2.52. The van der Waals surface area contributed by atoms with Gasteiger partial charge in [0, 0.05) is 29.2 Å². The number of sulfonamides is 1. The summed E-state index contributed by atoms with van der Waals surface area (Å²) in [6.07, 6.45) is 9.05. The van der Waals surface area contributed by atoms with Crippen LogP contribution < -0.4 is 20.1 Å². The zero-order valence-electron chi connectivity index (χ0n) is 29.1. The van der Waals surface area contributed by atoms with Crippen molar-refractivity contribution in [3.05, 3.63) is 47.4 Å². The van der Waals surface area contributed by atoms with E-state index in [1.807, 2.05) is 18.2 Å². The number of carboxylic acid groups (broad SMARTS) is 1. The van der Waals surface area contributed by atoms with Crippen molar-refractivity contribution in [1.82, 2.24) is 25.2 Å². The summed E-state index contributed by atoms with van der Waals surface area (Å²) < 4.78 is 49.3. The van der Waals surface area contributed by atoms with Crippen molar-refractivity contribution >= 4 is 44.7 Å². The quantitative estimate of drug-likeness (QED) is 0.330. The van der Waals surface area contributed by atoms with Crippen LogP contribution >= 0.6 is 0 Å². The Kier molecular flexibility index (Phi) is 8.31. The molecule has 5 atom stereocenters. The lowest BCUT2D eigenvalue weighted by Gasteiger charge is -2.37. The lowest BCUT2D eigenvalue weighted by Crippen LogP contribution is -2.58. The van der Waals surface area contributed by atoms with Gasteiger partial charge in [-0.1, -0.05) is 37.1 Å². The molecule has 0 unspecified atom stereocenters. The van der Waals surface area contributed by atoms with Gasteiger partial charge in [-0.3, -0.25) is 19.1 Å². The van der Waals surface area contributed by atoms with Crippen LogP contribution in [0.25, 0.3) is 10.9 Å². The van der Waals surface area contributed by atoms with Crippen LogP contribution in [-0.4, -0.2) is 81.7 Å². The largest absolute Gasteiger partial charge is 0.483 e. The lowest BCUT2D eigenvalue weighted by atomic mass is 9.86. The highest BCUT2D eigenvalue weighted by Gasteiger charge is 2.64. The van der Waals surface area contributed by atoms with Crippen molar-refractivity contribution in [1.29, 1.82) is 0 Å². The summed E-state index contributed by atoms with van der Waals surface area (Å²) in [6.45, 7) is 1.55. The van der Waals surface area contributed by atoms with Crippen molar-refractivity contribution in [2.45, 2.75) is 124 Å². The molecular weight excluding hydrogens is 693 g/mol. The summed E-state index contributed by atoms with van der Waals surface area (Å²) in [7, 11) is -4.00. The number of fused-ring (bicyclic) bond motifs is 5. The van der Waals surface area contributed by atoms with E-state index in [0.29, 0.717) is 55.4 Å². The number of hydrogen-bond acceptors (Lipinski definition) is 8. The molecular formula is C37H44FN5O8S. The van der Waals surface area contributed by atoms with Gasteiger partial charge in [0.2, 0.25) is 21.8 Å². The Labute approximate surface area is 301 Å². The van der Waals surface area contributed by atoms with Crippen LogP contribution in [-0.2, 0) is 30.8 Å². The van der Waals surface area contributed by atoms with E-state index in [9.17, 15) is 37.1 Å². The molecule has 4 amide bonds. The number of pyridine rings is 1. The number of ether oxygens (including phenoxy) is 1. The molecule has 4 heterocycles. The molecule has 278 valence electrons. The van der Waals surface area contributed by atoms with Gasteiger partial charge in [-0.05, 0) is 77.2 Å². The van der Waals surface area contributed by atoms with E-state index in [4.69, 9.17) is 9.72 Å². The van der Waals surface area contributed by atoms with Gasteiger partial charge >= 0.3 is 6.09 Å². The lowest BCUT2D eigenvalue weighted by molar-refractivity contribution is -0.141. The van der Waals surface area contributed by atoms with Gasteiger partial charge < -0.3 is 25.4 Å². The number of carbonyl (C=O) groups is 4. The van der Waals surface area contributed by atoms with E-state index in [1.54, 1.807) is 13.0 Å². The fourth-order valence-electron chi connectivity index (χ4n) is 8.33. The molecule has 6 aliphatic rings. The number of rotatable bonds is 5. The number of carbonyl (C=O) groups excluding carboxylic acids is 3. The molecule has 3 aliphatic carbocycles. The Bertz CT molecular complexity index is 2020. The Morgan fingerprint density at radius 3 is 2.62 bits per heavy atom. The number of amides is 4. The van der Waals surface area contributed by atoms with Crippen LogP contribution in [0.3, 0.4) is 0 Å². The molecule has 8 rings (SSSR count). The Hall–Kier alpha value is -4.27. The average Bonchev–Trinajstić information content (AvgIpc) is 4.03. The van der Waals surface area contributed by atoms with E-state index < -0.39 is 73.5 Å². The van der Waals surface area contributed by atoms with E-state index >= 15 is 0 Å². The monoisotopic (exact) mass is 737 g/mol. The number of allylic oxidation sites excluding steroid dienone is 1. The molecule has 15 heteroatoms. The van der Waals surface area contributed by atoms with E-state index in [1.165, 1.54) is 11.0 Å². The van der Waals surface area contributed by atoms with E-state index in [0.717, 1.165) is 31.2 Å². The third-order valence-corrected chi connectivity index (χ3v) is 14.2. The maximum Gasteiger partial charge on any atom is 0.405 e. The van der Waals surface area contributed by atoms with Crippen LogP contribution in [0, 0.1) is 11.7 Å². The SMILES string of the molecule is CC1(S(=O)(=O)NC(=O)[C@@]23C[C@H]2/C=C\CCCCC[C@H](NC(=O)O)C(=O)N2C[C@@]4(CCc5c(c(C6CC6)nc6c(F)cccc56)O4)C[C@H]2C(=O)N3)CC1. The summed E-state index contributed by atoms with van der Waals surface area (Å²) in [5.74, 6) is -2.26. The summed E-state index contributed by atoms with van der Waals surface area (Å²) in [4.78, 5) is 60.7. The smallest absolute Gasteiger partial charge is 0.405 e. The minimum atomic E-state index is -4.00. The molecule has 1 aromatic carbocycles. The average molecular weight is 738 g/mol. The Morgan fingerprint density at radius 1 is 1.10 bits per heavy atom. The number of halogens is 1. The number of nitrogens with zero attached hydrogens (tertiary/aromatic N) is 2. The van der Waals surface area contributed by atoms with Crippen LogP contribution in [0.5, 0.6) is 5.75 Å². The number of benzene rings is 1. The topological polar surface area (TPSA) is 184 Å². The number of aryl methyl sites for hydroxylation is 1. The van der Waals surface area contributed by atoms with Crippen LogP contribution in [0.2, 0.25) is 0 Å². The number of aromatic nitrogens is 1. The number of para-hydroxylation sites is 1.